The Labute approximate surface area is 219 Å². The highest BCUT2D eigenvalue weighted by molar-refractivity contribution is 9.10. The fraction of sp³-hybridized carbons (Fsp3) is 0.423. The quantitative estimate of drug-likeness (QED) is 0.219. The SMILES string of the molecule is CCOC(=O)CCN1CCN(CCCOc2cc3nc(N)nc(-c4cccc(Br)c4)c3cc2N)CC1. The molecule has 3 aromatic rings. The van der Waals surface area contributed by atoms with E-state index in [9.17, 15) is 4.79 Å². The van der Waals surface area contributed by atoms with E-state index in [-0.39, 0.29) is 11.9 Å². The van der Waals surface area contributed by atoms with Crippen molar-refractivity contribution in [2.75, 3.05) is 63.9 Å². The average molecular weight is 557 g/mol. The third-order valence-corrected chi connectivity index (χ3v) is 6.71. The van der Waals surface area contributed by atoms with E-state index < -0.39 is 0 Å². The van der Waals surface area contributed by atoms with Gasteiger partial charge in [-0.2, -0.15) is 0 Å². The molecule has 0 aliphatic carbocycles. The average Bonchev–Trinajstić information content (AvgIpc) is 2.86. The van der Waals surface area contributed by atoms with Crippen LogP contribution in [0.2, 0.25) is 0 Å². The van der Waals surface area contributed by atoms with Crippen LogP contribution in [0.1, 0.15) is 19.8 Å². The second-order valence-electron chi connectivity index (χ2n) is 8.79. The molecular weight excluding hydrogens is 524 g/mol. The molecule has 0 amide bonds. The number of benzene rings is 2. The summed E-state index contributed by atoms with van der Waals surface area (Å²) in [6.45, 7) is 8.41. The van der Waals surface area contributed by atoms with Crippen LogP contribution in [0.3, 0.4) is 0 Å². The van der Waals surface area contributed by atoms with Crippen molar-refractivity contribution < 1.29 is 14.3 Å². The second kappa shape index (κ2) is 12.3. The number of halogens is 1. The Balaban J connectivity index is 1.30. The number of piperazine rings is 1. The van der Waals surface area contributed by atoms with E-state index in [1.54, 1.807) is 0 Å². The van der Waals surface area contributed by atoms with Gasteiger partial charge in [-0.05, 0) is 31.5 Å². The van der Waals surface area contributed by atoms with Crippen molar-refractivity contribution in [3.05, 3.63) is 40.9 Å². The first-order valence-electron chi connectivity index (χ1n) is 12.3. The van der Waals surface area contributed by atoms with Crippen LogP contribution in [0.5, 0.6) is 5.75 Å². The predicted molar refractivity (Wildman–Crippen MR) is 146 cm³/mol. The number of nitrogens with two attached hydrogens (primary N) is 2. The summed E-state index contributed by atoms with van der Waals surface area (Å²) in [6.07, 6.45) is 1.34. The van der Waals surface area contributed by atoms with Crippen LogP contribution in [0, 0.1) is 0 Å². The number of carbonyl (C=O) groups is 1. The number of carbonyl (C=O) groups excluding carboxylic acids is 1. The van der Waals surface area contributed by atoms with E-state index in [0.717, 1.165) is 66.8 Å². The number of esters is 1. The largest absolute Gasteiger partial charge is 0.491 e. The molecule has 0 bridgehead atoms. The molecule has 1 aliphatic heterocycles. The van der Waals surface area contributed by atoms with Crippen LogP contribution in [0.25, 0.3) is 22.2 Å². The fourth-order valence-electron chi connectivity index (χ4n) is 4.36. The van der Waals surface area contributed by atoms with E-state index in [1.807, 2.05) is 43.3 Å². The standard InChI is InChI=1S/C26H33BrN6O3/c1-2-35-24(34)7-9-33-12-10-32(11-13-33)8-4-14-36-23-17-22-20(16-21(23)28)25(31-26(29)30-22)18-5-3-6-19(27)15-18/h3,5-6,15-17H,2,4,7-14,28H2,1H3,(H2,29,30,31). The van der Waals surface area contributed by atoms with Crippen molar-refractivity contribution in [1.82, 2.24) is 19.8 Å². The summed E-state index contributed by atoms with van der Waals surface area (Å²) in [5.74, 6) is 0.683. The third-order valence-electron chi connectivity index (χ3n) is 6.22. The lowest BCUT2D eigenvalue weighted by Gasteiger charge is -2.34. The van der Waals surface area contributed by atoms with Gasteiger partial charge in [-0.3, -0.25) is 4.79 Å². The van der Waals surface area contributed by atoms with Crippen molar-refractivity contribution in [3.63, 3.8) is 0 Å². The minimum Gasteiger partial charge on any atom is -0.491 e. The smallest absolute Gasteiger partial charge is 0.307 e. The van der Waals surface area contributed by atoms with Gasteiger partial charge in [-0.25, -0.2) is 9.97 Å². The third kappa shape index (κ3) is 6.83. The number of aromatic nitrogens is 2. The zero-order valence-electron chi connectivity index (χ0n) is 20.6. The van der Waals surface area contributed by atoms with Gasteiger partial charge in [0, 0.05) is 60.8 Å². The molecule has 9 nitrogen and oxygen atoms in total. The van der Waals surface area contributed by atoms with Crippen LogP contribution in [-0.4, -0.2) is 78.2 Å². The Morgan fingerprint density at radius 1 is 1.06 bits per heavy atom. The molecule has 0 atom stereocenters. The lowest BCUT2D eigenvalue weighted by molar-refractivity contribution is -0.143. The second-order valence-corrected chi connectivity index (χ2v) is 9.70. The first-order chi connectivity index (χ1) is 17.4. The summed E-state index contributed by atoms with van der Waals surface area (Å²) < 4.78 is 12.0. The van der Waals surface area contributed by atoms with Crippen LogP contribution in [0.4, 0.5) is 11.6 Å². The summed E-state index contributed by atoms with van der Waals surface area (Å²) in [4.78, 5) is 25.2. The van der Waals surface area contributed by atoms with Gasteiger partial charge in [0.15, 0.2) is 0 Å². The van der Waals surface area contributed by atoms with Gasteiger partial charge in [0.1, 0.15) is 5.75 Å². The summed E-state index contributed by atoms with van der Waals surface area (Å²) >= 11 is 3.51. The number of anilines is 2. The summed E-state index contributed by atoms with van der Waals surface area (Å²) in [6, 6.07) is 11.6. The highest BCUT2D eigenvalue weighted by Gasteiger charge is 2.18. The van der Waals surface area contributed by atoms with Gasteiger partial charge in [0.25, 0.3) is 0 Å². The first-order valence-corrected chi connectivity index (χ1v) is 13.1. The van der Waals surface area contributed by atoms with Gasteiger partial charge in [-0.1, -0.05) is 28.1 Å². The molecule has 4 rings (SSSR count). The van der Waals surface area contributed by atoms with E-state index >= 15 is 0 Å². The molecule has 36 heavy (non-hydrogen) atoms. The molecule has 1 aromatic heterocycles. The van der Waals surface area contributed by atoms with Gasteiger partial charge in [0.05, 0.1) is 36.5 Å². The normalized spacial score (nSPS) is 14.7. The molecule has 1 fully saturated rings. The number of nitrogens with zero attached hydrogens (tertiary/aromatic N) is 4. The highest BCUT2D eigenvalue weighted by Crippen LogP contribution is 2.34. The maximum absolute atomic E-state index is 11.6. The van der Waals surface area contributed by atoms with Crippen LogP contribution in [0.15, 0.2) is 40.9 Å². The van der Waals surface area contributed by atoms with E-state index in [0.29, 0.717) is 36.6 Å². The Bertz CT molecular complexity index is 1200. The number of hydrogen-bond donors (Lipinski definition) is 2. The molecule has 2 aromatic carbocycles. The van der Waals surface area contributed by atoms with Crippen molar-refractivity contribution in [2.45, 2.75) is 19.8 Å². The maximum atomic E-state index is 11.6. The molecule has 0 saturated carbocycles. The zero-order valence-corrected chi connectivity index (χ0v) is 22.2. The molecule has 1 aliphatic rings. The molecule has 192 valence electrons. The molecule has 0 spiro atoms. The number of hydrogen-bond acceptors (Lipinski definition) is 9. The Morgan fingerprint density at radius 2 is 1.81 bits per heavy atom. The predicted octanol–water partition coefficient (Wildman–Crippen LogP) is 3.56. The summed E-state index contributed by atoms with van der Waals surface area (Å²) in [7, 11) is 0. The minimum absolute atomic E-state index is 0.122. The molecule has 0 unspecified atom stereocenters. The highest BCUT2D eigenvalue weighted by atomic mass is 79.9. The van der Waals surface area contributed by atoms with Crippen LogP contribution in [-0.2, 0) is 9.53 Å². The molecule has 2 heterocycles. The Hall–Kier alpha value is -2.95. The Kier molecular flexibility index (Phi) is 8.95. The van der Waals surface area contributed by atoms with E-state index in [4.69, 9.17) is 20.9 Å². The molecular formula is C26H33BrN6O3. The summed E-state index contributed by atoms with van der Waals surface area (Å²) in [5.41, 5.74) is 15.3. The minimum atomic E-state index is -0.122. The zero-order chi connectivity index (χ0) is 25.5. The van der Waals surface area contributed by atoms with E-state index in [2.05, 4.69) is 35.7 Å². The van der Waals surface area contributed by atoms with Crippen molar-refractivity contribution in [3.8, 4) is 17.0 Å². The summed E-state index contributed by atoms with van der Waals surface area (Å²) in [5, 5.41) is 0.827. The lowest BCUT2D eigenvalue weighted by atomic mass is 10.1. The van der Waals surface area contributed by atoms with Crippen molar-refractivity contribution >= 4 is 44.4 Å². The van der Waals surface area contributed by atoms with Gasteiger partial charge in [-0.15, -0.1) is 0 Å². The monoisotopic (exact) mass is 556 g/mol. The molecule has 4 N–H and O–H groups in total. The van der Waals surface area contributed by atoms with E-state index in [1.165, 1.54) is 0 Å². The molecule has 0 radical (unpaired) electrons. The maximum Gasteiger partial charge on any atom is 0.307 e. The fourth-order valence-corrected chi connectivity index (χ4v) is 4.76. The number of fused-ring (bicyclic) bond motifs is 1. The number of nitrogen functional groups attached to an aromatic ring is 2. The topological polar surface area (TPSA) is 120 Å². The van der Waals surface area contributed by atoms with Crippen molar-refractivity contribution in [2.24, 2.45) is 0 Å². The number of ether oxygens (including phenoxy) is 2. The Morgan fingerprint density at radius 3 is 2.53 bits per heavy atom. The first kappa shape index (κ1) is 26.1. The molecule has 1 saturated heterocycles. The van der Waals surface area contributed by atoms with Crippen molar-refractivity contribution in [1.29, 1.82) is 0 Å². The molecule has 10 heteroatoms. The van der Waals surface area contributed by atoms with Gasteiger partial charge < -0.3 is 30.7 Å². The van der Waals surface area contributed by atoms with Gasteiger partial charge >= 0.3 is 5.97 Å². The lowest BCUT2D eigenvalue weighted by Crippen LogP contribution is -2.47. The number of rotatable bonds is 10. The van der Waals surface area contributed by atoms with Crippen LogP contribution < -0.4 is 16.2 Å². The van der Waals surface area contributed by atoms with Crippen LogP contribution >= 0.6 is 15.9 Å². The van der Waals surface area contributed by atoms with Gasteiger partial charge in [0.2, 0.25) is 5.95 Å².